The highest BCUT2D eigenvalue weighted by atomic mass is 16.5. The van der Waals surface area contributed by atoms with Crippen LogP contribution >= 0.6 is 0 Å². The van der Waals surface area contributed by atoms with E-state index in [0.717, 1.165) is 18.4 Å². The largest absolute Gasteiger partial charge is 0.448 e. The van der Waals surface area contributed by atoms with E-state index in [1.54, 1.807) is 13.0 Å². The van der Waals surface area contributed by atoms with Gasteiger partial charge in [0.05, 0.1) is 5.69 Å². The molecule has 6 heteroatoms. The van der Waals surface area contributed by atoms with E-state index < -0.39 is 12.1 Å². The van der Waals surface area contributed by atoms with Gasteiger partial charge in [0.15, 0.2) is 6.10 Å². The Morgan fingerprint density at radius 3 is 2.70 bits per heavy atom. The van der Waals surface area contributed by atoms with Gasteiger partial charge >= 0.3 is 5.97 Å². The third-order valence-corrected chi connectivity index (χ3v) is 5.55. The van der Waals surface area contributed by atoms with Crippen molar-refractivity contribution in [2.75, 3.05) is 0 Å². The molecule has 1 aromatic carbocycles. The van der Waals surface area contributed by atoms with Crippen molar-refractivity contribution in [1.29, 1.82) is 0 Å². The van der Waals surface area contributed by atoms with Gasteiger partial charge in [0.25, 0.3) is 5.91 Å². The highest BCUT2D eigenvalue weighted by molar-refractivity contribution is 5.91. The third kappa shape index (κ3) is 4.56. The second-order valence-electron chi connectivity index (χ2n) is 7.46. The summed E-state index contributed by atoms with van der Waals surface area (Å²) in [5.74, 6) is 0.171. The summed E-state index contributed by atoms with van der Waals surface area (Å²) in [6.07, 6.45) is 2.42. The average Bonchev–Trinajstić information content (AvgIpc) is 3.16. The number of amides is 1. The van der Waals surface area contributed by atoms with Crippen molar-refractivity contribution in [3.05, 3.63) is 42.1 Å². The Kier molecular flexibility index (Phi) is 5.94. The number of hydrogen-bond acceptors (Lipinski definition) is 4. The van der Waals surface area contributed by atoms with Crippen molar-refractivity contribution in [2.45, 2.75) is 52.2 Å². The lowest BCUT2D eigenvalue weighted by Crippen LogP contribution is -2.47. The Hall–Kier alpha value is -2.63. The minimum absolute atomic E-state index is 0.138. The Morgan fingerprint density at radius 1 is 1.22 bits per heavy atom. The Bertz CT molecular complexity index is 787. The zero-order valence-corrected chi connectivity index (χ0v) is 16.1. The van der Waals surface area contributed by atoms with Gasteiger partial charge in [0.1, 0.15) is 5.69 Å². The van der Waals surface area contributed by atoms with Gasteiger partial charge in [0.2, 0.25) is 0 Å². The molecule has 3 rings (SSSR count). The van der Waals surface area contributed by atoms with Crippen LogP contribution in [0.5, 0.6) is 0 Å². The standard InChI is InChI=1S/C21H27N3O3/c1-13-8-7-11-17(14(13)2)22-20(25)15(3)27-21(26)19-12-18(23-24-19)16-9-5-4-6-10-16/h4-6,9-10,12-15,17H,7-8,11H2,1-3H3,(H,22,25)(H,23,24)/t13-,14+,15+,17-/m0/s1. The molecule has 0 radical (unpaired) electrons. The molecule has 6 nitrogen and oxygen atoms in total. The first-order valence-corrected chi connectivity index (χ1v) is 9.58. The number of nitrogens with zero attached hydrogens (tertiary/aromatic N) is 1. The van der Waals surface area contributed by atoms with Crippen molar-refractivity contribution in [3.63, 3.8) is 0 Å². The van der Waals surface area contributed by atoms with E-state index in [0.29, 0.717) is 17.5 Å². The summed E-state index contributed by atoms with van der Waals surface area (Å²) in [5, 5.41) is 9.88. The van der Waals surface area contributed by atoms with Crippen LogP contribution < -0.4 is 5.32 Å². The van der Waals surface area contributed by atoms with Gasteiger partial charge < -0.3 is 10.1 Å². The average molecular weight is 369 g/mol. The molecule has 2 N–H and O–H groups in total. The molecule has 4 atom stereocenters. The molecule has 0 spiro atoms. The molecule has 1 saturated carbocycles. The normalized spacial score (nSPS) is 23.4. The molecule has 144 valence electrons. The molecule has 1 aromatic heterocycles. The van der Waals surface area contributed by atoms with Gasteiger partial charge in [-0.1, -0.05) is 57.0 Å². The van der Waals surface area contributed by atoms with Crippen LogP contribution in [0.3, 0.4) is 0 Å². The predicted molar refractivity (Wildman–Crippen MR) is 103 cm³/mol. The number of aromatic amines is 1. The van der Waals surface area contributed by atoms with Crippen LogP contribution in [0.4, 0.5) is 0 Å². The second kappa shape index (κ2) is 8.37. The molecule has 0 bridgehead atoms. The van der Waals surface area contributed by atoms with E-state index in [4.69, 9.17) is 4.74 Å². The number of rotatable bonds is 5. The first kappa shape index (κ1) is 19.1. The second-order valence-corrected chi connectivity index (χ2v) is 7.46. The van der Waals surface area contributed by atoms with E-state index >= 15 is 0 Å². The molecule has 27 heavy (non-hydrogen) atoms. The number of H-pyrrole nitrogens is 1. The van der Waals surface area contributed by atoms with Crippen molar-refractivity contribution in [1.82, 2.24) is 15.5 Å². The summed E-state index contributed by atoms with van der Waals surface area (Å²) in [5.41, 5.74) is 1.79. The smallest absolute Gasteiger partial charge is 0.357 e. The van der Waals surface area contributed by atoms with Crippen molar-refractivity contribution < 1.29 is 14.3 Å². The minimum Gasteiger partial charge on any atom is -0.448 e. The van der Waals surface area contributed by atoms with E-state index in [1.807, 2.05) is 30.3 Å². The Balaban J connectivity index is 1.57. The molecule has 0 saturated heterocycles. The van der Waals surface area contributed by atoms with Crippen molar-refractivity contribution in [2.24, 2.45) is 11.8 Å². The number of hydrogen-bond donors (Lipinski definition) is 2. The number of carbonyl (C=O) groups is 2. The fourth-order valence-electron chi connectivity index (χ4n) is 3.55. The van der Waals surface area contributed by atoms with Gasteiger partial charge in [-0.2, -0.15) is 5.10 Å². The highest BCUT2D eigenvalue weighted by Gasteiger charge is 2.30. The summed E-state index contributed by atoms with van der Waals surface area (Å²) in [7, 11) is 0. The minimum atomic E-state index is -0.856. The lowest BCUT2D eigenvalue weighted by Gasteiger charge is -2.35. The SMILES string of the molecule is C[C@H]1[C@@H](NC(=O)[C@@H](C)OC(=O)c2cc(-c3ccccc3)n[nH]2)CCC[C@@H]1C. The molecule has 2 aromatic rings. The quantitative estimate of drug-likeness (QED) is 0.789. The zero-order chi connectivity index (χ0) is 19.4. The van der Waals surface area contributed by atoms with Crippen LogP contribution in [0, 0.1) is 11.8 Å². The molecular weight excluding hydrogens is 342 g/mol. The van der Waals surface area contributed by atoms with Gasteiger partial charge in [0, 0.05) is 11.6 Å². The lowest BCUT2D eigenvalue weighted by atomic mass is 9.78. The van der Waals surface area contributed by atoms with Crippen LogP contribution in [0.25, 0.3) is 11.3 Å². The number of benzene rings is 1. The predicted octanol–water partition coefficient (Wildman–Crippen LogP) is 3.56. The van der Waals surface area contributed by atoms with E-state index in [2.05, 4.69) is 29.4 Å². The number of aromatic nitrogens is 2. The number of ether oxygens (including phenoxy) is 1. The van der Waals surface area contributed by atoms with Crippen molar-refractivity contribution >= 4 is 11.9 Å². The summed E-state index contributed by atoms with van der Waals surface area (Å²) in [6, 6.07) is 11.3. The molecule has 1 aliphatic carbocycles. The highest BCUT2D eigenvalue weighted by Crippen LogP contribution is 2.29. The molecule has 0 aliphatic heterocycles. The zero-order valence-electron chi connectivity index (χ0n) is 16.1. The number of carbonyl (C=O) groups excluding carboxylic acids is 2. The number of nitrogens with one attached hydrogen (secondary N) is 2. The maximum atomic E-state index is 12.4. The summed E-state index contributed by atoms with van der Waals surface area (Å²) in [6.45, 7) is 5.98. The van der Waals surface area contributed by atoms with Gasteiger partial charge in [-0.3, -0.25) is 9.89 Å². The van der Waals surface area contributed by atoms with Crippen molar-refractivity contribution in [3.8, 4) is 11.3 Å². The molecule has 1 aliphatic rings. The third-order valence-electron chi connectivity index (χ3n) is 5.55. The van der Waals surface area contributed by atoms with Crippen LogP contribution in [0.2, 0.25) is 0 Å². The first-order valence-electron chi connectivity index (χ1n) is 9.58. The van der Waals surface area contributed by atoms with E-state index in [-0.39, 0.29) is 17.6 Å². The van der Waals surface area contributed by atoms with Crippen LogP contribution in [-0.4, -0.2) is 34.2 Å². The monoisotopic (exact) mass is 369 g/mol. The topological polar surface area (TPSA) is 84.1 Å². The fraction of sp³-hybridized carbons (Fsp3) is 0.476. The maximum absolute atomic E-state index is 12.4. The maximum Gasteiger partial charge on any atom is 0.357 e. The number of esters is 1. The Labute approximate surface area is 159 Å². The van der Waals surface area contributed by atoms with Crippen LogP contribution in [0.15, 0.2) is 36.4 Å². The van der Waals surface area contributed by atoms with Gasteiger partial charge in [-0.15, -0.1) is 0 Å². The Morgan fingerprint density at radius 2 is 1.96 bits per heavy atom. The van der Waals surface area contributed by atoms with E-state index in [9.17, 15) is 9.59 Å². The molecule has 1 fully saturated rings. The molecular formula is C21H27N3O3. The fourth-order valence-corrected chi connectivity index (χ4v) is 3.55. The van der Waals surface area contributed by atoms with Crippen LogP contribution in [-0.2, 0) is 9.53 Å². The van der Waals surface area contributed by atoms with Crippen LogP contribution in [0.1, 0.15) is 50.5 Å². The van der Waals surface area contributed by atoms with Gasteiger partial charge in [-0.25, -0.2) is 4.79 Å². The van der Waals surface area contributed by atoms with Gasteiger partial charge in [-0.05, 0) is 31.2 Å². The molecule has 0 unspecified atom stereocenters. The summed E-state index contributed by atoms with van der Waals surface area (Å²) < 4.78 is 5.33. The molecule has 1 amide bonds. The molecule has 1 heterocycles. The summed E-state index contributed by atoms with van der Waals surface area (Å²) >= 11 is 0. The summed E-state index contributed by atoms with van der Waals surface area (Å²) in [4.78, 5) is 24.8. The van der Waals surface area contributed by atoms with E-state index in [1.165, 1.54) is 6.42 Å². The lowest BCUT2D eigenvalue weighted by molar-refractivity contribution is -0.130. The first-order chi connectivity index (χ1) is 13.0.